The molecular weight excluding hydrogens is 448 g/mol. The highest BCUT2D eigenvalue weighted by molar-refractivity contribution is 7.13. The van der Waals surface area contributed by atoms with Crippen LogP contribution in [0.4, 0.5) is 5.13 Å². The molecule has 1 fully saturated rings. The molecule has 7 nitrogen and oxygen atoms in total. The Balaban J connectivity index is 1.51. The zero-order chi connectivity index (χ0) is 24.5. The van der Waals surface area contributed by atoms with Crippen molar-refractivity contribution in [3.05, 3.63) is 47.0 Å². The fraction of sp³-hybridized carbons (Fsp3) is 0.538. The molecule has 2 N–H and O–H groups in total. The molecular formula is C26H36N4O3S. The molecule has 1 aliphatic rings. The Morgan fingerprint density at radius 2 is 1.76 bits per heavy atom. The van der Waals surface area contributed by atoms with Crippen molar-refractivity contribution in [1.29, 1.82) is 0 Å². The second-order valence-electron chi connectivity index (χ2n) is 9.52. The molecule has 1 aromatic carbocycles. The number of rotatable bonds is 10. The highest BCUT2D eigenvalue weighted by Crippen LogP contribution is 2.26. The average Bonchev–Trinajstić information content (AvgIpc) is 3.25. The minimum Gasteiger partial charge on any atom is -0.349 e. The number of hydrogen-bond donors (Lipinski definition) is 2. The maximum absolute atomic E-state index is 13.0. The summed E-state index contributed by atoms with van der Waals surface area (Å²) in [5.41, 5.74) is 1.64. The fourth-order valence-electron chi connectivity index (χ4n) is 4.34. The summed E-state index contributed by atoms with van der Waals surface area (Å²) in [6.07, 6.45) is 5.31. The third kappa shape index (κ3) is 7.94. The maximum Gasteiger partial charge on any atom is 0.245 e. The topological polar surface area (TPSA) is 91.4 Å². The van der Waals surface area contributed by atoms with Crippen molar-refractivity contribution in [2.24, 2.45) is 11.8 Å². The van der Waals surface area contributed by atoms with E-state index < -0.39 is 0 Å². The molecule has 1 aliphatic carbocycles. The van der Waals surface area contributed by atoms with Gasteiger partial charge in [0, 0.05) is 17.8 Å². The number of nitrogens with zero attached hydrogens (tertiary/aromatic N) is 2. The first-order valence-electron chi connectivity index (χ1n) is 12.2. The van der Waals surface area contributed by atoms with E-state index in [9.17, 15) is 14.4 Å². The van der Waals surface area contributed by atoms with E-state index in [-0.39, 0.29) is 48.6 Å². The molecule has 0 bridgehead atoms. The van der Waals surface area contributed by atoms with Crippen molar-refractivity contribution < 1.29 is 14.4 Å². The lowest BCUT2D eigenvalue weighted by Gasteiger charge is -2.30. The lowest BCUT2D eigenvalue weighted by Crippen LogP contribution is -2.43. The maximum atomic E-state index is 13.0. The Hall–Kier alpha value is -2.74. The van der Waals surface area contributed by atoms with Crippen molar-refractivity contribution in [2.45, 2.75) is 65.3 Å². The predicted octanol–water partition coefficient (Wildman–Crippen LogP) is 4.57. The molecule has 3 amide bonds. The highest BCUT2D eigenvalue weighted by atomic mass is 32.1. The molecule has 1 heterocycles. The summed E-state index contributed by atoms with van der Waals surface area (Å²) >= 11 is 1.29. The highest BCUT2D eigenvalue weighted by Gasteiger charge is 2.28. The SMILES string of the molecule is CC(C)CN(CC(=O)Nc1nc(CC(=O)N[C@@H](C)c2ccccc2)cs1)C(=O)C1CCCCC1. The van der Waals surface area contributed by atoms with Crippen molar-refractivity contribution in [3.63, 3.8) is 0 Å². The van der Waals surface area contributed by atoms with Crippen LogP contribution < -0.4 is 10.6 Å². The van der Waals surface area contributed by atoms with Crippen molar-refractivity contribution in [3.8, 4) is 0 Å². The van der Waals surface area contributed by atoms with Crippen molar-refractivity contribution in [2.75, 3.05) is 18.4 Å². The van der Waals surface area contributed by atoms with Gasteiger partial charge in [0.15, 0.2) is 5.13 Å². The molecule has 3 rings (SSSR count). The van der Waals surface area contributed by atoms with Gasteiger partial charge in [0.1, 0.15) is 0 Å². The van der Waals surface area contributed by atoms with Crippen LogP contribution in [0.15, 0.2) is 35.7 Å². The number of aromatic nitrogens is 1. The van der Waals surface area contributed by atoms with E-state index in [1.807, 2.05) is 37.3 Å². The van der Waals surface area contributed by atoms with Gasteiger partial charge in [-0.05, 0) is 31.2 Å². The van der Waals surface area contributed by atoms with Crippen LogP contribution in [0.25, 0.3) is 0 Å². The fourth-order valence-corrected chi connectivity index (χ4v) is 5.07. The standard InChI is InChI=1S/C26H36N4O3S/c1-18(2)15-30(25(33)21-12-8-5-9-13-21)16-24(32)29-26-28-22(17-34-26)14-23(31)27-19(3)20-10-6-4-7-11-20/h4,6-7,10-11,17-19,21H,5,8-9,12-16H2,1-3H3,(H,27,31)(H,28,29,32)/t19-/m0/s1. The van der Waals surface area contributed by atoms with Crippen LogP contribution in [-0.4, -0.2) is 40.7 Å². The van der Waals surface area contributed by atoms with E-state index in [0.29, 0.717) is 17.4 Å². The van der Waals surface area contributed by atoms with Gasteiger partial charge < -0.3 is 15.5 Å². The molecule has 1 aromatic heterocycles. The summed E-state index contributed by atoms with van der Waals surface area (Å²) in [7, 11) is 0. The summed E-state index contributed by atoms with van der Waals surface area (Å²) in [6.45, 7) is 6.63. The van der Waals surface area contributed by atoms with Crippen LogP contribution in [0.2, 0.25) is 0 Å². The quantitative estimate of drug-likeness (QED) is 0.517. The Bertz CT molecular complexity index is 954. The molecule has 1 saturated carbocycles. The van der Waals surface area contributed by atoms with E-state index in [2.05, 4.69) is 29.5 Å². The predicted molar refractivity (Wildman–Crippen MR) is 135 cm³/mol. The van der Waals surface area contributed by atoms with Gasteiger partial charge in [-0.25, -0.2) is 4.98 Å². The first-order valence-corrected chi connectivity index (χ1v) is 13.1. The van der Waals surface area contributed by atoms with Crippen LogP contribution in [0, 0.1) is 11.8 Å². The normalized spacial score (nSPS) is 15.1. The summed E-state index contributed by atoms with van der Waals surface area (Å²) in [5.74, 6) is 0.0216. The van der Waals surface area contributed by atoms with Crippen molar-refractivity contribution in [1.82, 2.24) is 15.2 Å². The van der Waals surface area contributed by atoms with Gasteiger partial charge in [0.2, 0.25) is 17.7 Å². The first kappa shape index (κ1) is 25.9. The second kappa shape index (κ2) is 12.6. The zero-order valence-electron chi connectivity index (χ0n) is 20.4. The third-order valence-electron chi connectivity index (χ3n) is 6.00. The number of benzene rings is 1. The summed E-state index contributed by atoms with van der Waals surface area (Å²) in [6, 6.07) is 9.68. The Kier molecular flexibility index (Phi) is 9.62. The molecule has 8 heteroatoms. The summed E-state index contributed by atoms with van der Waals surface area (Å²) in [4.78, 5) is 44.2. The van der Waals surface area contributed by atoms with E-state index in [4.69, 9.17) is 0 Å². The largest absolute Gasteiger partial charge is 0.349 e. The van der Waals surface area contributed by atoms with Gasteiger partial charge in [-0.3, -0.25) is 14.4 Å². The Morgan fingerprint density at radius 3 is 2.44 bits per heavy atom. The number of anilines is 1. The molecule has 0 saturated heterocycles. The van der Waals surface area contributed by atoms with Gasteiger partial charge in [0.25, 0.3) is 0 Å². The summed E-state index contributed by atoms with van der Waals surface area (Å²) < 4.78 is 0. The minimum atomic E-state index is -0.257. The number of hydrogen-bond acceptors (Lipinski definition) is 5. The van der Waals surface area contributed by atoms with E-state index in [1.165, 1.54) is 17.8 Å². The average molecular weight is 485 g/mol. The van der Waals surface area contributed by atoms with E-state index in [0.717, 1.165) is 31.2 Å². The minimum absolute atomic E-state index is 0.0253. The van der Waals surface area contributed by atoms with Crippen LogP contribution in [-0.2, 0) is 20.8 Å². The first-order chi connectivity index (χ1) is 16.3. The van der Waals surface area contributed by atoms with Crippen LogP contribution in [0.5, 0.6) is 0 Å². The van der Waals surface area contributed by atoms with Gasteiger partial charge in [-0.15, -0.1) is 11.3 Å². The van der Waals surface area contributed by atoms with Gasteiger partial charge in [-0.2, -0.15) is 0 Å². The Morgan fingerprint density at radius 1 is 1.06 bits per heavy atom. The van der Waals surface area contributed by atoms with E-state index >= 15 is 0 Å². The summed E-state index contributed by atoms with van der Waals surface area (Å²) in [5, 5.41) is 8.01. The van der Waals surface area contributed by atoms with Gasteiger partial charge in [0.05, 0.1) is 24.7 Å². The van der Waals surface area contributed by atoms with Gasteiger partial charge >= 0.3 is 0 Å². The number of nitrogens with one attached hydrogen (secondary N) is 2. The van der Waals surface area contributed by atoms with Crippen LogP contribution in [0.1, 0.15) is 70.2 Å². The van der Waals surface area contributed by atoms with Crippen molar-refractivity contribution >= 4 is 34.2 Å². The molecule has 0 unspecified atom stereocenters. The molecule has 0 spiro atoms. The lowest BCUT2D eigenvalue weighted by atomic mass is 9.88. The smallest absolute Gasteiger partial charge is 0.245 e. The number of carbonyl (C=O) groups excluding carboxylic acids is 3. The third-order valence-corrected chi connectivity index (χ3v) is 6.81. The molecule has 0 radical (unpaired) electrons. The molecule has 0 aliphatic heterocycles. The number of amides is 3. The lowest BCUT2D eigenvalue weighted by molar-refractivity contribution is -0.139. The Labute approximate surface area is 206 Å². The van der Waals surface area contributed by atoms with E-state index in [1.54, 1.807) is 10.3 Å². The number of thiazole rings is 1. The molecule has 34 heavy (non-hydrogen) atoms. The monoisotopic (exact) mass is 484 g/mol. The zero-order valence-corrected chi connectivity index (χ0v) is 21.2. The van der Waals surface area contributed by atoms with Crippen LogP contribution in [0.3, 0.4) is 0 Å². The van der Waals surface area contributed by atoms with Gasteiger partial charge in [-0.1, -0.05) is 63.4 Å². The molecule has 184 valence electrons. The van der Waals surface area contributed by atoms with Crippen LogP contribution >= 0.6 is 11.3 Å². The molecule has 2 aromatic rings. The second-order valence-corrected chi connectivity index (χ2v) is 10.4. The number of carbonyl (C=O) groups is 3. The molecule has 1 atom stereocenters.